The fourth-order valence-electron chi connectivity index (χ4n) is 5.37. The van der Waals surface area contributed by atoms with E-state index in [0.29, 0.717) is 17.6 Å². The fraction of sp³-hybridized carbons (Fsp3) is 0.412. The van der Waals surface area contributed by atoms with Crippen LogP contribution in [0.15, 0.2) is 78.6 Å². The topological polar surface area (TPSA) is 21.7 Å². The van der Waals surface area contributed by atoms with Gasteiger partial charge < -0.3 is 14.4 Å². The molecule has 1 heterocycles. The lowest BCUT2D eigenvalue weighted by Crippen LogP contribution is -2.34. The van der Waals surface area contributed by atoms with Gasteiger partial charge in [0.1, 0.15) is 11.5 Å². The molecule has 0 aromatic heterocycles. The van der Waals surface area contributed by atoms with E-state index in [1.165, 1.54) is 34.7 Å². The van der Waals surface area contributed by atoms with Gasteiger partial charge in [0.15, 0.2) is 0 Å². The van der Waals surface area contributed by atoms with E-state index in [4.69, 9.17) is 9.47 Å². The van der Waals surface area contributed by atoms with E-state index in [1.807, 2.05) is 6.92 Å². The van der Waals surface area contributed by atoms with Crippen LogP contribution < -0.4 is 4.74 Å². The molecule has 0 radical (unpaired) electrons. The summed E-state index contributed by atoms with van der Waals surface area (Å²) in [6.07, 6.45) is 6.74. The van der Waals surface area contributed by atoms with Crippen molar-refractivity contribution in [3.63, 3.8) is 0 Å². The molecule has 1 atom stereocenters. The van der Waals surface area contributed by atoms with Gasteiger partial charge in [0, 0.05) is 12.1 Å². The maximum atomic E-state index is 6.37. The van der Waals surface area contributed by atoms with Crippen LogP contribution in [0, 0.1) is 0 Å². The second-order valence-corrected chi connectivity index (χ2v) is 10.4. The Morgan fingerprint density at radius 2 is 1.81 bits per heavy atom. The van der Waals surface area contributed by atoms with Crippen LogP contribution in [0.4, 0.5) is 0 Å². The Kier molecular flexibility index (Phi) is 9.46. The van der Waals surface area contributed by atoms with Crippen molar-refractivity contribution in [3.05, 3.63) is 95.3 Å². The van der Waals surface area contributed by atoms with E-state index in [9.17, 15) is 0 Å². The van der Waals surface area contributed by atoms with Crippen LogP contribution in [-0.2, 0) is 4.74 Å². The van der Waals surface area contributed by atoms with Gasteiger partial charge in [-0.05, 0) is 97.1 Å². The van der Waals surface area contributed by atoms with E-state index < -0.39 is 0 Å². The van der Waals surface area contributed by atoms with Gasteiger partial charge in [0.25, 0.3) is 0 Å². The van der Waals surface area contributed by atoms with Gasteiger partial charge in [0.05, 0.1) is 13.7 Å². The van der Waals surface area contributed by atoms with Crippen molar-refractivity contribution >= 4 is 16.8 Å². The predicted octanol–water partition coefficient (Wildman–Crippen LogP) is 8.57. The molecule has 1 aliphatic heterocycles. The van der Waals surface area contributed by atoms with Crippen molar-refractivity contribution in [1.82, 2.24) is 4.90 Å². The van der Waals surface area contributed by atoms with Crippen molar-refractivity contribution in [1.29, 1.82) is 0 Å². The molecule has 0 N–H and O–H groups in total. The zero-order chi connectivity index (χ0) is 26.2. The molecule has 0 bridgehead atoms. The molecule has 1 fully saturated rings. The monoisotopic (exact) mass is 497 g/mol. The molecule has 0 spiro atoms. The van der Waals surface area contributed by atoms with E-state index >= 15 is 0 Å². The molecule has 196 valence electrons. The number of ether oxygens (including phenoxy) is 2. The molecule has 0 aliphatic carbocycles. The summed E-state index contributed by atoms with van der Waals surface area (Å²) in [6, 6.07) is 22.1. The highest BCUT2D eigenvalue weighted by atomic mass is 16.5. The molecular weight excluding hydrogens is 454 g/mol. The lowest BCUT2D eigenvalue weighted by atomic mass is 9.88. The third-order valence-electron chi connectivity index (χ3n) is 8.00. The average molecular weight is 498 g/mol. The number of hydrogen-bond acceptors (Lipinski definition) is 3. The van der Waals surface area contributed by atoms with E-state index in [-0.39, 0.29) is 0 Å². The predicted molar refractivity (Wildman–Crippen MR) is 157 cm³/mol. The van der Waals surface area contributed by atoms with Crippen LogP contribution in [0.5, 0.6) is 5.75 Å². The van der Waals surface area contributed by atoms with Crippen LogP contribution in [0.25, 0.3) is 16.8 Å². The number of nitrogens with zero attached hydrogens (tertiary/aromatic N) is 1. The summed E-state index contributed by atoms with van der Waals surface area (Å²) in [4.78, 5) is 2.60. The summed E-state index contributed by atoms with van der Waals surface area (Å²) in [5, 5.41) is 2.68. The number of fused-ring (bicyclic) bond motifs is 1. The molecule has 3 aromatic rings. The number of benzene rings is 3. The Balaban J connectivity index is 1.31. The quantitative estimate of drug-likeness (QED) is 0.150. The number of hydrogen-bond donors (Lipinski definition) is 0. The van der Waals surface area contributed by atoms with Gasteiger partial charge in [-0.25, -0.2) is 0 Å². The maximum absolute atomic E-state index is 6.37. The van der Waals surface area contributed by atoms with Crippen LogP contribution >= 0.6 is 0 Å². The molecule has 3 aromatic carbocycles. The van der Waals surface area contributed by atoms with E-state index in [0.717, 1.165) is 56.0 Å². The van der Waals surface area contributed by atoms with Crippen molar-refractivity contribution in [2.75, 3.05) is 33.4 Å². The highest BCUT2D eigenvalue weighted by Gasteiger charge is 2.21. The van der Waals surface area contributed by atoms with Gasteiger partial charge in [-0.15, -0.1) is 0 Å². The number of methoxy groups -OCH3 is 1. The first-order chi connectivity index (χ1) is 18.0. The molecular formula is C34H43NO2. The van der Waals surface area contributed by atoms with Crippen molar-refractivity contribution in [3.8, 4) is 5.75 Å². The van der Waals surface area contributed by atoms with Crippen LogP contribution in [0.1, 0.15) is 75.0 Å². The highest BCUT2D eigenvalue weighted by molar-refractivity contribution is 5.83. The summed E-state index contributed by atoms with van der Waals surface area (Å²) in [7, 11) is 1.67. The number of likely N-dealkylation sites (tertiary alicyclic amines) is 1. The normalized spacial score (nSPS) is 16.1. The smallest absolute Gasteiger partial charge is 0.126 e. The Bertz CT molecular complexity index is 1220. The minimum Gasteiger partial charge on any atom is -0.497 e. The second-order valence-electron chi connectivity index (χ2n) is 10.4. The lowest BCUT2D eigenvalue weighted by molar-refractivity contribution is 0.193. The Morgan fingerprint density at radius 1 is 1.05 bits per heavy atom. The summed E-state index contributed by atoms with van der Waals surface area (Å²) in [6.45, 7) is 14.7. The van der Waals surface area contributed by atoms with Crippen molar-refractivity contribution in [2.24, 2.45) is 0 Å². The van der Waals surface area contributed by atoms with E-state index in [2.05, 4.69) is 92.1 Å². The third kappa shape index (κ3) is 6.84. The van der Waals surface area contributed by atoms with Gasteiger partial charge in [-0.2, -0.15) is 0 Å². The van der Waals surface area contributed by atoms with E-state index in [1.54, 1.807) is 7.11 Å². The largest absolute Gasteiger partial charge is 0.497 e. The third-order valence-corrected chi connectivity index (χ3v) is 8.00. The summed E-state index contributed by atoms with van der Waals surface area (Å²) in [5.41, 5.74) is 5.00. The molecule has 1 unspecified atom stereocenters. The van der Waals surface area contributed by atoms with Gasteiger partial charge in [-0.1, -0.05) is 75.0 Å². The molecule has 0 amide bonds. The highest BCUT2D eigenvalue weighted by Crippen LogP contribution is 2.33. The van der Waals surface area contributed by atoms with Gasteiger partial charge in [0.2, 0.25) is 0 Å². The summed E-state index contributed by atoms with van der Waals surface area (Å²) >= 11 is 0. The molecule has 3 heteroatoms. The lowest BCUT2D eigenvalue weighted by Gasteiger charge is -2.32. The molecule has 3 nitrogen and oxygen atoms in total. The van der Waals surface area contributed by atoms with Crippen molar-refractivity contribution < 1.29 is 9.47 Å². The first-order valence-electron chi connectivity index (χ1n) is 13.9. The summed E-state index contributed by atoms with van der Waals surface area (Å²) in [5.74, 6) is 2.77. The standard InChI is InChI=1S/C34H43NO2/c1-6-25(2)32-13-9-14-34(33(32)23-26(3)27(4)36-5)37-22-10-19-35-20-17-29(18-21-35)31-16-15-28-11-7-8-12-30(28)24-31/h7-9,11-16,23-25,29H,4,6,10,17-22H2,1-3,5H3/b26-23+. The minimum absolute atomic E-state index is 0.460. The second kappa shape index (κ2) is 13.0. The van der Waals surface area contributed by atoms with Crippen molar-refractivity contribution in [2.45, 2.75) is 58.3 Å². The number of rotatable bonds is 11. The fourth-order valence-corrected chi connectivity index (χ4v) is 5.37. The first-order valence-corrected chi connectivity index (χ1v) is 13.9. The Labute approximate surface area is 223 Å². The van der Waals surface area contributed by atoms with Gasteiger partial charge in [-0.3, -0.25) is 0 Å². The Hall–Kier alpha value is -3.04. The number of allylic oxidation sites excluding steroid dienone is 1. The average Bonchev–Trinajstić information content (AvgIpc) is 2.95. The molecule has 4 rings (SSSR count). The zero-order valence-corrected chi connectivity index (χ0v) is 23.1. The van der Waals surface area contributed by atoms with Crippen LogP contribution in [-0.4, -0.2) is 38.3 Å². The molecule has 37 heavy (non-hydrogen) atoms. The number of piperidine rings is 1. The first kappa shape index (κ1) is 27.0. The zero-order valence-electron chi connectivity index (χ0n) is 23.1. The van der Waals surface area contributed by atoms with Crippen LogP contribution in [0.3, 0.4) is 0 Å². The Morgan fingerprint density at radius 3 is 2.54 bits per heavy atom. The summed E-state index contributed by atoms with van der Waals surface area (Å²) < 4.78 is 11.7. The maximum Gasteiger partial charge on any atom is 0.126 e. The molecule has 1 saturated heterocycles. The molecule has 1 aliphatic rings. The van der Waals surface area contributed by atoms with Gasteiger partial charge >= 0.3 is 0 Å². The van der Waals surface area contributed by atoms with Crippen LogP contribution in [0.2, 0.25) is 0 Å². The SMILES string of the molecule is C=C(OC)/C(C)=C/c1c(OCCCN2CCC(c3ccc4ccccc4c3)CC2)cccc1C(C)CC. The minimum atomic E-state index is 0.460. The molecule has 0 saturated carbocycles.